The fourth-order valence-electron chi connectivity index (χ4n) is 7.06. The van der Waals surface area contributed by atoms with E-state index in [1.165, 1.54) is 30.6 Å². The second-order valence-corrected chi connectivity index (χ2v) is 11.4. The minimum absolute atomic E-state index is 0.0274. The minimum Gasteiger partial charge on any atom is -0.368 e. The third kappa shape index (κ3) is 3.72. The highest BCUT2D eigenvalue weighted by Crippen LogP contribution is 2.39. The lowest BCUT2D eigenvalue weighted by Gasteiger charge is -2.39. The Kier molecular flexibility index (Phi) is 5.42. The highest BCUT2D eigenvalue weighted by atomic mass is 16.5. The Bertz CT molecular complexity index is 1790. The van der Waals surface area contributed by atoms with Gasteiger partial charge in [-0.15, -0.1) is 0 Å². The predicted molar refractivity (Wildman–Crippen MR) is 158 cm³/mol. The molecule has 0 bridgehead atoms. The fourth-order valence-corrected chi connectivity index (χ4v) is 7.06. The zero-order chi connectivity index (χ0) is 26.8. The van der Waals surface area contributed by atoms with E-state index in [1.54, 1.807) is 0 Å². The van der Waals surface area contributed by atoms with Gasteiger partial charge in [-0.1, -0.05) is 35.5 Å². The van der Waals surface area contributed by atoms with Gasteiger partial charge in [0, 0.05) is 72.4 Å². The maximum atomic E-state index is 14.2. The first-order chi connectivity index (χ1) is 19.6. The molecular weight excluding hydrogens is 498 g/mol. The Morgan fingerprint density at radius 1 is 0.925 bits per heavy atom. The third-order valence-electron chi connectivity index (χ3n) is 9.03. The van der Waals surface area contributed by atoms with Gasteiger partial charge in [0.15, 0.2) is 5.76 Å². The summed E-state index contributed by atoms with van der Waals surface area (Å²) in [5.41, 5.74) is 6.91. The van der Waals surface area contributed by atoms with Crippen molar-refractivity contribution in [2.45, 2.75) is 32.2 Å². The van der Waals surface area contributed by atoms with Crippen LogP contribution in [0.1, 0.15) is 34.5 Å². The van der Waals surface area contributed by atoms with Crippen molar-refractivity contribution in [3.8, 4) is 11.3 Å². The molecule has 3 aliphatic heterocycles. The van der Waals surface area contributed by atoms with Crippen molar-refractivity contribution < 1.29 is 9.32 Å². The molecule has 1 atom stereocenters. The van der Waals surface area contributed by atoms with E-state index in [2.05, 4.69) is 33.2 Å². The van der Waals surface area contributed by atoms with Gasteiger partial charge in [-0.2, -0.15) is 0 Å². The summed E-state index contributed by atoms with van der Waals surface area (Å²) in [6.07, 6.45) is 5.34. The van der Waals surface area contributed by atoms with E-state index in [1.807, 2.05) is 60.5 Å². The molecule has 0 radical (unpaired) electrons. The quantitative estimate of drug-likeness (QED) is 0.293. The van der Waals surface area contributed by atoms with Crippen molar-refractivity contribution in [2.24, 2.45) is 0 Å². The summed E-state index contributed by atoms with van der Waals surface area (Å²) in [6, 6.07) is 21.1. The van der Waals surface area contributed by atoms with Crippen LogP contribution in [0, 0.1) is 6.92 Å². The Morgan fingerprint density at radius 3 is 2.73 bits per heavy atom. The van der Waals surface area contributed by atoms with E-state index in [9.17, 15) is 4.79 Å². The molecule has 5 aromatic rings. The lowest BCUT2D eigenvalue weighted by molar-refractivity contribution is 0.0991. The number of pyridine rings is 1. The molecule has 0 N–H and O–H groups in total. The number of piperazine rings is 1. The standard InChI is InChI=1S/C33H31N5O2/c1-21-17-32(40-35-21)26-8-2-7-25-24(26)6-3-9-27(25)33(39)38-14-11-22-18-29-28(19-31(22)38)30(10-12-34-29)37-16-15-36-13-4-5-23(36)20-37/h2-3,6-10,12,17-19,23H,4-5,11,13-16,20H2,1H3/t23-/m0/s1. The molecule has 3 aromatic carbocycles. The van der Waals surface area contributed by atoms with Crippen molar-refractivity contribution in [3.63, 3.8) is 0 Å². The van der Waals surface area contributed by atoms with E-state index in [-0.39, 0.29) is 5.91 Å². The normalized spacial score (nSPS) is 19.0. The second kappa shape index (κ2) is 9.17. The maximum absolute atomic E-state index is 14.2. The molecule has 0 unspecified atom stereocenters. The van der Waals surface area contributed by atoms with Crippen molar-refractivity contribution in [3.05, 3.63) is 83.7 Å². The molecule has 200 valence electrons. The summed E-state index contributed by atoms with van der Waals surface area (Å²) in [6.45, 7) is 7.00. The number of nitrogens with zero attached hydrogens (tertiary/aromatic N) is 5. The zero-order valence-corrected chi connectivity index (χ0v) is 22.6. The molecule has 8 rings (SSSR count). The third-order valence-corrected chi connectivity index (χ3v) is 9.03. The average molecular weight is 530 g/mol. The summed E-state index contributed by atoms with van der Waals surface area (Å²) < 4.78 is 5.57. The highest BCUT2D eigenvalue weighted by molar-refractivity contribution is 6.17. The number of hydrogen-bond donors (Lipinski definition) is 0. The van der Waals surface area contributed by atoms with Crippen LogP contribution in [0.2, 0.25) is 0 Å². The first-order valence-corrected chi connectivity index (χ1v) is 14.3. The number of amides is 1. The first-order valence-electron chi connectivity index (χ1n) is 14.3. The molecule has 0 aliphatic carbocycles. The zero-order valence-electron chi connectivity index (χ0n) is 22.6. The van der Waals surface area contributed by atoms with Gasteiger partial charge in [0.25, 0.3) is 5.91 Å². The first kappa shape index (κ1) is 23.6. The Morgan fingerprint density at radius 2 is 1.82 bits per heavy atom. The van der Waals surface area contributed by atoms with Crippen LogP contribution in [-0.4, -0.2) is 59.7 Å². The van der Waals surface area contributed by atoms with Gasteiger partial charge in [-0.05, 0) is 73.3 Å². The molecule has 7 nitrogen and oxygen atoms in total. The molecule has 2 aromatic heterocycles. The number of carbonyl (C=O) groups excluding carboxylic acids is 1. The monoisotopic (exact) mass is 529 g/mol. The Balaban J connectivity index is 1.18. The highest BCUT2D eigenvalue weighted by Gasteiger charge is 2.32. The van der Waals surface area contributed by atoms with Crippen molar-refractivity contribution in [1.29, 1.82) is 0 Å². The summed E-state index contributed by atoms with van der Waals surface area (Å²) in [5.74, 6) is 0.740. The number of hydrogen-bond acceptors (Lipinski definition) is 6. The van der Waals surface area contributed by atoms with Crippen LogP contribution >= 0.6 is 0 Å². The smallest absolute Gasteiger partial charge is 0.258 e. The van der Waals surface area contributed by atoms with E-state index in [0.717, 1.165) is 64.7 Å². The van der Waals surface area contributed by atoms with E-state index in [0.29, 0.717) is 23.9 Å². The van der Waals surface area contributed by atoms with Crippen molar-refractivity contribution in [2.75, 3.05) is 42.5 Å². The van der Waals surface area contributed by atoms with Crippen molar-refractivity contribution >= 4 is 39.0 Å². The molecule has 1 amide bonds. The van der Waals surface area contributed by atoms with Crippen LogP contribution in [0.3, 0.4) is 0 Å². The summed E-state index contributed by atoms with van der Waals surface area (Å²) in [5, 5.41) is 7.11. The number of anilines is 2. The van der Waals surface area contributed by atoms with Crippen LogP contribution in [0.5, 0.6) is 0 Å². The molecule has 2 fully saturated rings. The largest absolute Gasteiger partial charge is 0.368 e. The number of aryl methyl sites for hydroxylation is 1. The average Bonchev–Trinajstić information content (AvgIpc) is 3.74. The molecule has 7 heteroatoms. The lowest BCUT2D eigenvalue weighted by atomic mass is 9.98. The van der Waals surface area contributed by atoms with Gasteiger partial charge in [-0.3, -0.25) is 14.7 Å². The second-order valence-electron chi connectivity index (χ2n) is 11.4. The number of fused-ring (bicyclic) bond motifs is 4. The predicted octanol–water partition coefficient (Wildman–Crippen LogP) is 5.84. The number of carbonyl (C=O) groups is 1. The van der Waals surface area contributed by atoms with Gasteiger partial charge in [-0.25, -0.2) is 0 Å². The van der Waals surface area contributed by atoms with Crippen LogP contribution < -0.4 is 9.80 Å². The Labute approximate surface area is 233 Å². The molecule has 0 saturated carbocycles. The molecule has 5 heterocycles. The van der Waals surface area contributed by atoms with Crippen LogP contribution in [-0.2, 0) is 6.42 Å². The summed E-state index contributed by atoms with van der Waals surface area (Å²) in [7, 11) is 0. The molecule has 0 spiro atoms. The molecule has 3 aliphatic rings. The van der Waals surface area contributed by atoms with Gasteiger partial charge < -0.3 is 14.3 Å². The van der Waals surface area contributed by atoms with E-state index >= 15 is 0 Å². The van der Waals surface area contributed by atoms with Gasteiger partial charge in [0.2, 0.25) is 0 Å². The number of aromatic nitrogens is 2. The minimum atomic E-state index is 0.0274. The SMILES string of the molecule is Cc1cc(-c2cccc3c(C(=O)N4CCc5cc6nccc(N7CCN8CCC[C@H]8C7)c6cc54)cccc23)on1. The molecular formula is C33H31N5O2. The summed E-state index contributed by atoms with van der Waals surface area (Å²) >= 11 is 0. The van der Waals surface area contributed by atoms with Crippen molar-refractivity contribution in [1.82, 2.24) is 15.0 Å². The topological polar surface area (TPSA) is 65.7 Å². The fraction of sp³-hybridized carbons (Fsp3) is 0.303. The van der Waals surface area contributed by atoms with Crippen LogP contribution in [0.25, 0.3) is 33.0 Å². The Hall–Kier alpha value is -4.23. The number of rotatable bonds is 3. The molecule has 40 heavy (non-hydrogen) atoms. The lowest BCUT2D eigenvalue weighted by Crippen LogP contribution is -2.50. The van der Waals surface area contributed by atoms with Gasteiger partial charge in [0.05, 0.1) is 11.2 Å². The van der Waals surface area contributed by atoms with E-state index < -0.39 is 0 Å². The van der Waals surface area contributed by atoms with Crippen LogP contribution in [0.4, 0.5) is 11.4 Å². The summed E-state index contributed by atoms with van der Waals surface area (Å²) in [4.78, 5) is 26.0. The van der Waals surface area contributed by atoms with E-state index in [4.69, 9.17) is 9.51 Å². The van der Waals surface area contributed by atoms with Gasteiger partial charge >= 0.3 is 0 Å². The molecule has 2 saturated heterocycles. The maximum Gasteiger partial charge on any atom is 0.258 e. The van der Waals surface area contributed by atoms with Crippen LogP contribution in [0.15, 0.2) is 71.4 Å². The number of benzene rings is 3. The van der Waals surface area contributed by atoms with Gasteiger partial charge in [0.1, 0.15) is 0 Å².